The van der Waals surface area contributed by atoms with Gasteiger partial charge in [0.1, 0.15) is 0 Å². The Bertz CT molecular complexity index is 937. The number of carbonyl (C=O) groups is 1. The summed E-state index contributed by atoms with van der Waals surface area (Å²) < 4.78 is 1.67. The molecule has 0 radical (unpaired) electrons. The van der Waals surface area contributed by atoms with Crippen LogP contribution in [0.4, 0.5) is 11.6 Å². The van der Waals surface area contributed by atoms with E-state index in [1.54, 1.807) is 4.40 Å². The van der Waals surface area contributed by atoms with Gasteiger partial charge in [-0.2, -0.15) is 0 Å². The lowest BCUT2D eigenvalue weighted by atomic mass is 10.2. The lowest BCUT2D eigenvalue weighted by molar-refractivity contribution is -0.116. The number of hydrogen-bond acceptors (Lipinski definition) is 6. The molecule has 3 aromatic rings. The topological polar surface area (TPSA) is 89.4 Å². The van der Waals surface area contributed by atoms with Crippen LogP contribution < -0.4 is 10.6 Å². The van der Waals surface area contributed by atoms with Crippen molar-refractivity contribution in [1.29, 1.82) is 0 Å². The molecular weight excluding hydrogens is 324 g/mol. The van der Waals surface area contributed by atoms with E-state index < -0.39 is 0 Å². The highest BCUT2D eigenvalue weighted by Crippen LogP contribution is 2.29. The molecule has 0 bridgehead atoms. The number of benzene rings is 1. The molecule has 2 aromatic heterocycles. The molecule has 1 amide bonds. The van der Waals surface area contributed by atoms with Gasteiger partial charge in [-0.25, -0.2) is 9.38 Å². The third-order valence-corrected chi connectivity index (χ3v) is 4.94. The van der Waals surface area contributed by atoms with Crippen molar-refractivity contribution in [2.75, 3.05) is 22.9 Å². The molecule has 122 valence electrons. The Balaban J connectivity index is 1.53. The number of amides is 1. The number of carbonyl (C=O) groups excluding carboxylic acids is 1. The molecule has 8 heteroatoms. The van der Waals surface area contributed by atoms with Crippen LogP contribution in [-0.4, -0.2) is 37.8 Å². The van der Waals surface area contributed by atoms with Gasteiger partial charge in [0.05, 0.1) is 5.75 Å². The molecule has 4 rings (SSSR count). The van der Waals surface area contributed by atoms with Crippen molar-refractivity contribution < 1.29 is 4.79 Å². The highest BCUT2D eigenvalue weighted by molar-refractivity contribution is 7.99. The van der Waals surface area contributed by atoms with Gasteiger partial charge in [0, 0.05) is 24.0 Å². The number of fused-ring (bicyclic) bond motifs is 2. The van der Waals surface area contributed by atoms with Crippen molar-refractivity contribution >= 4 is 35.0 Å². The Morgan fingerprint density at radius 2 is 2.17 bits per heavy atom. The minimum Gasteiger partial charge on any atom is -0.369 e. The molecule has 3 heterocycles. The minimum atomic E-state index is 0.0559. The van der Waals surface area contributed by atoms with E-state index in [1.807, 2.05) is 36.1 Å². The molecular formula is C16H16N6OS. The van der Waals surface area contributed by atoms with Gasteiger partial charge in [-0.05, 0) is 25.0 Å². The first-order chi connectivity index (χ1) is 11.6. The average molecular weight is 340 g/mol. The zero-order chi connectivity index (χ0) is 16.7. The third-order valence-electron chi connectivity index (χ3n) is 4.03. The summed E-state index contributed by atoms with van der Waals surface area (Å²) in [6.07, 6.45) is 0.899. The van der Waals surface area contributed by atoms with E-state index in [1.165, 1.54) is 17.3 Å². The van der Waals surface area contributed by atoms with E-state index in [0.29, 0.717) is 16.8 Å². The lowest BCUT2D eigenvalue weighted by Gasteiger charge is -2.16. The van der Waals surface area contributed by atoms with Crippen LogP contribution in [0.2, 0.25) is 0 Å². The van der Waals surface area contributed by atoms with E-state index in [2.05, 4.69) is 21.2 Å². The summed E-state index contributed by atoms with van der Waals surface area (Å²) in [5.41, 5.74) is 9.60. The number of thioether (sulfide) groups is 1. The molecule has 0 aliphatic carbocycles. The molecule has 0 saturated heterocycles. The number of nitrogens with two attached hydrogens (primary N) is 1. The first kappa shape index (κ1) is 14.9. The maximum atomic E-state index is 12.6. The number of anilines is 2. The summed E-state index contributed by atoms with van der Waals surface area (Å²) in [6.45, 7) is 2.58. The smallest absolute Gasteiger partial charge is 0.237 e. The summed E-state index contributed by atoms with van der Waals surface area (Å²) in [6, 6.07) is 9.82. The molecule has 1 aliphatic heterocycles. The number of hydrogen-bond donors (Lipinski definition) is 1. The quantitative estimate of drug-likeness (QED) is 0.730. The van der Waals surface area contributed by atoms with Crippen molar-refractivity contribution in [3.63, 3.8) is 0 Å². The Labute approximate surface area is 142 Å². The summed E-state index contributed by atoms with van der Waals surface area (Å²) >= 11 is 1.32. The van der Waals surface area contributed by atoms with Gasteiger partial charge in [0.25, 0.3) is 0 Å². The van der Waals surface area contributed by atoms with Crippen LogP contribution in [0.15, 0.2) is 35.5 Å². The number of para-hydroxylation sites is 1. The van der Waals surface area contributed by atoms with Gasteiger partial charge in [-0.3, -0.25) is 4.79 Å². The van der Waals surface area contributed by atoms with Gasteiger partial charge >= 0.3 is 0 Å². The van der Waals surface area contributed by atoms with Crippen molar-refractivity contribution in [3.8, 4) is 0 Å². The third kappa shape index (κ3) is 2.48. The predicted molar refractivity (Wildman–Crippen MR) is 93.2 cm³/mol. The molecule has 0 saturated carbocycles. The van der Waals surface area contributed by atoms with Crippen molar-refractivity contribution in [2.45, 2.75) is 18.5 Å². The number of nitrogens with zero attached hydrogens (tertiary/aromatic N) is 5. The van der Waals surface area contributed by atoms with Crippen LogP contribution in [0.1, 0.15) is 11.3 Å². The molecule has 1 aromatic carbocycles. The Hall–Kier alpha value is -2.61. The van der Waals surface area contributed by atoms with E-state index in [9.17, 15) is 4.79 Å². The van der Waals surface area contributed by atoms with Crippen LogP contribution in [0.25, 0.3) is 5.65 Å². The summed E-state index contributed by atoms with van der Waals surface area (Å²) in [5, 5.41) is 8.80. The second-order valence-corrected chi connectivity index (χ2v) is 6.59. The zero-order valence-corrected chi connectivity index (χ0v) is 14.0. The standard InChI is InChI=1S/C16H16N6OS/c1-10-8-13-19-20-16(22(13)15(17)18-10)24-9-14(23)21-7-6-11-4-2-3-5-12(11)21/h2-5,8H,6-7,9H2,1H3,(H2,17,18). The van der Waals surface area contributed by atoms with Gasteiger partial charge in [-0.15, -0.1) is 10.2 Å². The van der Waals surface area contributed by atoms with Crippen molar-refractivity contribution in [3.05, 3.63) is 41.6 Å². The van der Waals surface area contributed by atoms with E-state index in [0.717, 1.165) is 24.3 Å². The fourth-order valence-electron chi connectivity index (χ4n) is 2.93. The number of aryl methyl sites for hydroxylation is 1. The minimum absolute atomic E-state index is 0.0559. The van der Waals surface area contributed by atoms with Crippen LogP contribution in [0.5, 0.6) is 0 Å². The molecule has 0 unspecified atom stereocenters. The molecule has 0 atom stereocenters. The summed E-state index contributed by atoms with van der Waals surface area (Å²) in [5.74, 6) is 0.666. The maximum absolute atomic E-state index is 12.6. The largest absolute Gasteiger partial charge is 0.369 e. The average Bonchev–Trinajstić information content (AvgIpc) is 3.16. The highest BCUT2D eigenvalue weighted by atomic mass is 32.2. The van der Waals surface area contributed by atoms with Gasteiger partial charge < -0.3 is 10.6 Å². The number of rotatable bonds is 3. The zero-order valence-electron chi connectivity index (χ0n) is 13.1. The van der Waals surface area contributed by atoms with Crippen molar-refractivity contribution in [1.82, 2.24) is 19.6 Å². The van der Waals surface area contributed by atoms with E-state index in [4.69, 9.17) is 5.73 Å². The Morgan fingerprint density at radius 3 is 3.04 bits per heavy atom. The fourth-order valence-corrected chi connectivity index (χ4v) is 3.76. The summed E-state index contributed by atoms with van der Waals surface area (Å²) in [4.78, 5) is 18.6. The predicted octanol–water partition coefficient (Wildman–Crippen LogP) is 1.70. The molecule has 2 N–H and O–H groups in total. The number of nitrogen functional groups attached to an aromatic ring is 1. The monoisotopic (exact) mass is 340 g/mol. The fraction of sp³-hybridized carbons (Fsp3) is 0.250. The lowest BCUT2D eigenvalue weighted by Crippen LogP contribution is -2.30. The summed E-state index contributed by atoms with van der Waals surface area (Å²) in [7, 11) is 0. The van der Waals surface area contributed by atoms with E-state index >= 15 is 0 Å². The second-order valence-electron chi connectivity index (χ2n) is 5.64. The molecule has 1 aliphatic rings. The van der Waals surface area contributed by atoms with Gasteiger partial charge in [0.2, 0.25) is 11.9 Å². The second kappa shape index (κ2) is 5.79. The van der Waals surface area contributed by atoms with Crippen LogP contribution in [0, 0.1) is 6.92 Å². The van der Waals surface area contributed by atoms with Crippen LogP contribution in [0.3, 0.4) is 0 Å². The normalized spacial score (nSPS) is 13.5. The SMILES string of the molecule is Cc1cc2nnc(SCC(=O)N3CCc4ccccc43)n2c(N)n1. The van der Waals surface area contributed by atoms with Gasteiger partial charge in [0.15, 0.2) is 10.8 Å². The first-order valence-electron chi connectivity index (χ1n) is 7.63. The molecule has 0 spiro atoms. The van der Waals surface area contributed by atoms with E-state index in [-0.39, 0.29) is 11.7 Å². The first-order valence-corrected chi connectivity index (χ1v) is 8.61. The Morgan fingerprint density at radius 1 is 1.33 bits per heavy atom. The van der Waals surface area contributed by atoms with Crippen LogP contribution in [-0.2, 0) is 11.2 Å². The molecule has 24 heavy (non-hydrogen) atoms. The maximum Gasteiger partial charge on any atom is 0.237 e. The molecule has 0 fully saturated rings. The van der Waals surface area contributed by atoms with Gasteiger partial charge in [-0.1, -0.05) is 30.0 Å². The highest BCUT2D eigenvalue weighted by Gasteiger charge is 2.24. The molecule has 7 nitrogen and oxygen atoms in total. The van der Waals surface area contributed by atoms with Crippen molar-refractivity contribution in [2.24, 2.45) is 0 Å². The Kier molecular flexibility index (Phi) is 3.61. The number of aromatic nitrogens is 4. The van der Waals surface area contributed by atoms with Crippen LogP contribution >= 0.6 is 11.8 Å².